The standard InChI is InChI=1S/C16H18N4OS/c1-13-18-14(12-22-13)5-6-16(21)20-10-8-19(9-11-20)15-4-2-3-7-17-15/h2-7,12H,8-11H2,1H3/b6-5+. The third-order valence-corrected chi connectivity index (χ3v) is 4.39. The number of anilines is 1. The summed E-state index contributed by atoms with van der Waals surface area (Å²) in [5, 5.41) is 2.97. The zero-order valence-electron chi connectivity index (χ0n) is 12.5. The SMILES string of the molecule is Cc1nc(/C=C/C(=O)N2CCN(c3ccccn3)CC2)cs1. The Bertz CT molecular complexity index is 660. The minimum absolute atomic E-state index is 0.0475. The predicted octanol–water partition coefficient (Wildman–Crippen LogP) is 2.21. The quantitative estimate of drug-likeness (QED) is 0.815. The molecule has 22 heavy (non-hydrogen) atoms. The highest BCUT2D eigenvalue weighted by atomic mass is 32.1. The highest BCUT2D eigenvalue weighted by Crippen LogP contribution is 2.13. The van der Waals surface area contributed by atoms with Crippen molar-refractivity contribution in [3.63, 3.8) is 0 Å². The number of carbonyl (C=O) groups is 1. The van der Waals surface area contributed by atoms with Crippen molar-refractivity contribution in [3.8, 4) is 0 Å². The molecule has 5 nitrogen and oxygen atoms in total. The number of piperazine rings is 1. The van der Waals surface area contributed by atoms with Crippen LogP contribution in [0.5, 0.6) is 0 Å². The first-order valence-corrected chi connectivity index (χ1v) is 8.15. The summed E-state index contributed by atoms with van der Waals surface area (Å²) >= 11 is 1.59. The maximum absolute atomic E-state index is 12.2. The highest BCUT2D eigenvalue weighted by molar-refractivity contribution is 7.09. The molecule has 114 valence electrons. The molecule has 0 unspecified atom stereocenters. The molecule has 0 saturated carbocycles. The molecule has 2 aromatic rings. The van der Waals surface area contributed by atoms with Crippen molar-refractivity contribution in [1.82, 2.24) is 14.9 Å². The summed E-state index contributed by atoms with van der Waals surface area (Å²) in [5.74, 6) is 1.02. The third kappa shape index (κ3) is 3.51. The van der Waals surface area contributed by atoms with E-state index in [1.54, 1.807) is 29.7 Å². The van der Waals surface area contributed by atoms with Crippen LogP contribution in [-0.2, 0) is 4.79 Å². The Morgan fingerprint density at radius 3 is 2.73 bits per heavy atom. The predicted molar refractivity (Wildman–Crippen MR) is 88.9 cm³/mol. The molecule has 0 atom stereocenters. The number of rotatable bonds is 3. The van der Waals surface area contributed by atoms with Crippen molar-refractivity contribution >= 4 is 29.1 Å². The number of hydrogen-bond donors (Lipinski definition) is 0. The first kappa shape index (κ1) is 14.7. The van der Waals surface area contributed by atoms with Crippen molar-refractivity contribution in [2.75, 3.05) is 31.1 Å². The first-order valence-electron chi connectivity index (χ1n) is 7.27. The number of pyridine rings is 1. The van der Waals surface area contributed by atoms with Crippen LogP contribution in [-0.4, -0.2) is 47.0 Å². The molecule has 2 aromatic heterocycles. The number of carbonyl (C=O) groups excluding carboxylic acids is 1. The number of nitrogens with zero attached hydrogens (tertiary/aromatic N) is 4. The van der Waals surface area contributed by atoms with Crippen molar-refractivity contribution in [3.05, 3.63) is 46.6 Å². The van der Waals surface area contributed by atoms with Gasteiger partial charge in [0.2, 0.25) is 5.91 Å². The van der Waals surface area contributed by atoms with E-state index in [0.29, 0.717) is 0 Å². The van der Waals surface area contributed by atoms with Gasteiger partial charge in [0, 0.05) is 43.8 Å². The highest BCUT2D eigenvalue weighted by Gasteiger charge is 2.20. The Morgan fingerprint density at radius 1 is 1.27 bits per heavy atom. The van der Waals surface area contributed by atoms with E-state index in [2.05, 4.69) is 14.9 Å². The monoisotopic (exact) mass is 314 g/mol. The van der Waals surface area contributed by atoms with Crippen molar-refractivity contribution < 1.29 is 4.79 Å². The summed E-state index contributed by atoms with van der Waals surface area (Å²) in [7, 11) is 0. The molecule has 0 spiro atoms. The van der Waals surface area contributed by atoms with Crippen molar-refractivity contribution in [1.29, 1.82) is 0 Å². The number of hydrogen-bond acceptors (Lipinski definition) is 5. The van der Waals surface area contributed by atoms with Gasteiger partial charge in [-0.25, -0.2) is 9.97 Å². The summed E-state index contributed by atoms with van der Waals surface area (Å²) in [6.07, 6.45) is 5.20. The molecule has 1 saturated heterocycles. The molecule has 3 rings (SSSR count). The minimum Gasteiger partial charge on any atom is -0.353 e. The van der Waals surface area contributed by atoms with Gasteiger partial charge < -0.3 is 9.80 Å². The summed E-state index contributed by atoms with van der Waals surface area (Å²) in [4.78, 5) is 25.0. The van der Waals surface area contributed by atoms with Crippen LogP contribution >= 0.6 is 11.3 Å². The maximum Gasteiger partial charge on any atom is 0.246 e. The van der Waals surface area contributed by atoms with E-state index >= 15 is 0 Å². The second-order valence-electron chi connectivity index (χ2n) is 5.12. The smallest absolute Gasteiger partial charge is 0.246 e. The van der Waals surface area contributed by atoms with Crippen LogP contribution in [0.1, 0.15) is 10.7 Å². The first-order chi connectivity index (χ1) is 10.7. The van der Waals surface area contributed by atoms with E-state index in [4.69, 9.17) is 0 Å². The Morgan fingerprint density at radius 2 is 2.09 bits per heavy atom. The van der Waals surface area contributed by atoms with E-state index in [-0.39, 0.29) is 5.91 Å². The van der Waals surface area contributed by atoms with Gasteiger partial charge in [-0.05, 0) is 25.1 Å². The molecule has 6 heteroatoms. The lowest BCUT2D eigenvalue weighted by Gasteiger charge is -2.34. The molecular weight excluding hydrogens is 296 g/mol. The topological polar surface area (TPSA) is 49.3 Å². The molecular formula is C16H18N4OS. The lowest BCUT2D eigenvalue weighted by atomic mass is 10.3. The van der Waals surface area contributed by atoms with Crippen molar-refractivity contribution in [2.24, 2.45) is 0 Å². The third-order valence-electron chi connectivity index (χ3n) is 3.60. The average Bonchev–Trinajstić information content (AvgIpc) is 2.99. The number of aromatic nitrogens is 2. The normalized spacial score (nSPS) is 15.5. The van der Waals surface area contributed by atoms with Gasteiger partial charge >= 0.3 is 0 Å². The fraction of sp³-hybridized carbons (Fsp3) is 0.312. The second-order valence-corrected chi connectivity index (χ2v) is 6.19. The van der Waals surface area contributed by atoms with E-state index in [1.165, 1.54) is 0 Å². The number of aryl methyl sites for hydroxylation is 1. The Hall–Kier alpha value is -2.21. The van der Waals surface area contributed by atoms with Gasteiger partial charge in [0.05, 0.1) is 10.7 Å². The molecule has 0 aromatic carbocycles. The minimum atomic E-state index is 0.0475. The summed E-state index contributed by atoms with van der Waals surface area (Å²) in [6.45, 7) is 5.02. The van der Waals surface area contributed by atoms with Crippen LogP contribution < -0.4 is 4.90 Å². The lowest BCUT2D eigenvalue weighted by molar-refractivity contribution is -0.126. The van der Waals surface area contributed by atoms with E-state index in [9.17, 15) is 4.79 Å². The van der Waals surface area contributed by atoms with Gasteiger partial charge in [-0.2, -0.15) is 0 Å². The van der Waals surface area contributed by atoms with Gasteiger partial charge in [0.1, 0.15) is 5.82 Å². The fourth-order valence-corrected chi connectivity index (χ4v) is 3.00. The second kappa shape index (κ2) is 6.70. The number of amides is 1. The zero-order valence-corrected chi connectivity index (χ0v) is 13.3. The molecule has 0 radical (unpaired) electrons. The van der Waals surface area contributed by atoms with Crippen LogP contribution in [0.2, 0.25) is 0 Å². The molecule has 1 aliphatic heterocycles. The van der Waals surface area contributed by atoms with Crippen LogP contribution in [0.3, 0.4) is 0 Å². The van der Waals surface area contributed by atoms with E-state index in [0.717, 1.165) is 42.7 Å². The van der Waals surface area contributed by atoms with Gasteiger partial charge in [0.25, 0.3) is 0 Å². The molecule has 1 amide bonds. The number of thiazole rings is 1. The van der Waals surface area contributed by atoms with Crippen LogP contribution in [0.25, 0.3) is 6.08 Å². The average molecular weight is 314 g/mol. The Labute approximate surface area is 133 Å². The van der Waals surface area contributed by atoms with Gasteiger partial charge in [-0.3, -0.25) is 4.79 Å². The Kier molecular flexibility index (Phi) is 4.48. The van der Waals surface area contributed by atoms with Crippen LogP contribution in [0, 0.1) is 6.92 Å². The largest absolute Gasteiger partial charge is 0.353 e. The fourth-order valence-electron chi connectivity index (χ4n) is 2.42. The molecule has 1 fully saturated rings. The maximum atomic E-state index is 12.2. The molecule has 0 bridgehead atoms. The molecule has 3 heterocycles. The van der Waals surface area contributed by atoms with E-state index < -0.39 is 0 Å². The summed E-state index contributed by atoms with van der Waals surface area (Å²) < 4.78 is 0. The molecule has 1 aliphatic rings. The van der Waals surface area contributed by atoms with Crippen LogP contribution in [0.4, 0.5) is 5.82 Å². The van der Waals surface area contributed by atoms with Crippen LogP contribution in [0.15, 0.2) is 35.9 Å². The van der Waals surface area contributed by atoms with Gasteiger partial charge in [-0.1, -0.05) is 6.07 Å². The summed E-state index contributed by atoms with van der Waals surface area (Å²) in [5.41, 5.74) is 0.850. The Balaban J connectivity index is 1.55. The van der Waals surface area contributed by atoms with Gasteiger partial charge in [0.15, 0.2) is 0 Å². The zero-order chi connectivity index (χ0) is 15.4. The van der Waals surface area contributed by atoms with Gasteiger partial charge in [-0.15, -0.1) is 11.3 Å². The molecule has 0 aliphatic carbocycles. The van der Waals surface area contributed by atoms with Crippen molar-refractivity contribution in [2.45, 2.75) is 6.92 Å². The van der Waals surface area contributed by atoms with E-state index in [1.807, 2.05) is 35.4 Å². The molecule has 0 N–H and O–H groups in total. The summed E-state index contributed by atoms with van der Waals surface area (Å²) in [6, 6.07) is 5.90. The lowest BCUT2D eigenvalue weighted by Crippen LogP contribution is -2.48.